The largest absolute Gasteiger partial charge is 0.439 e. The molecule has 0 saturated carbocycles. The number of urea groups is 1. The van der Waals surface area contributed by atoms with Gasteiger partial charge in [-0.3, -0.25) is 14.5 Å². The molecule has 2 aliphatic heterocycles. The minimum Gasteiger partial charge on any atom is -0.439 e. The van der Waals surface area contributed by atoms with E-state index in [4.69, 9.17) is 4.74 Å². The predicted octanol–water partition coefficient (Wildman–Crippen LogP) is 2.40. The first-order valence-electron chi connectivity index (χ1n) is 9.60. The van der Waals surface area contributed by atoms with Crippen molar-refractivity contribution in [2.75, 3.05) is 19.6 Å². The SMILES string of the molecule is Cc1ccc(Oc2cccc(C3CCCN3C(=O)CN3C(=O)CNC3=O)n2)cc1. The molecular weight excluding hydrogens is 372 g/mol. The number of amides is 4. The maximum Gasteiger partial charge on any atom is 0.325 e. The first kappa shape index (κ1) is 18.9. The van der Waals surface area contributed by atoms with Crippen molar-refractivity contribution in [2.45, 2.75) is 25.8 Å². The number of benzene rings is 1. The van der Waals surface area contributed by atoms with Crippen LogP contribution in [0.5, 0.6) is 11.6 Å². The Hall–Kier alpha value is -3.42. The quantitative estimate of drug-likeness (QED) is 0.787. The van der Waals surface area contributed by atoms with Crippen LogP contribution < -0.4 is 10.1 Å². The van der Waals surface area contributed by atoms with Crippen molar-refractivity contribution in [1.82, 2.24) is 20.1 Å². The van der Waals surface area contributed by atoms with Crippen LogP contribution in [0.15, 0.2) is 42.5 Å². The van der Waals surface area contributed by atoms with Crippen LogP contribution in [-0.2, 0) is 9.59 Å². The normalized spacial score (nSPS) is 18.9. The third kappa shape index (κ3) is 4.06. The van der Waals surface area contributed by atoms with Gasteiger partial charge in [0.15, 0.2) is 0 Å². The fraction of sp³-hybridized carbons (Fsp3) is 0.333. The van der Waals surface area contributed by atoms with Gasteiger partial charge in [0.1, 0.15) is 12.3 Å². The second-order valence-electron chi connectivity index (χ2n) is 7.20. The summed E-state index contributed by atoms with van der Waals surface area (Å²) in [4.78, 5) is 43.5. The van der Waals surface area contributed by atoms with E-state index in [0.29, 0.717) is 18.2 Å². The van der Waals surface area contributed by atoms with Crippen LogP contribution in [0, 0.1) is 6.92 Å². The summed E-state index contributed by atoms with van der Waals surface area (Å²) in [5.41, 5.74) is 1.88. The first-order chi connectivity index (χ1) is 14.0. The molecule has 1 unspecified atom stereocenters. The Kier molecular flexibility index (Phi) is 5.16. The summed E-state index contributed by atoms with van der Waals surface area (Å²) in [5.74, 6) is 0.508. The van der Waals surface area contributed by atoms with Crippen molar-refractivity contribution in [3.8, 4) is 11.6 Å². The molecule has 1 aromatic carbocycles. The van der Waals surface area contributed by atoms with Gasteiger partial charge in [0.05, 0.1) is 18.3 Å². The van der Waals surface area contributed by atoms with Gasteiger partial charge >= 0.3 is 6.03 Å². The van der Waals surface area contributed by atoms with Gasteiger partial charge in [-0.1, -0.05) is 23.8 Å². The van der Waals surface area contributed by atoms with E-state index < -0.39 is 6.03 Å². The van der Waals surface area contributed by atoms with Gasteiger partial charge in [-0.25, -0.2) is 9.78 Å². The molecule has 4 amide bonds. The fourth-order valence-electron chi connectivity index (χ4n) is 3.61. The topological polar surface area (TPSA) is 91.8 Å². The number of carbonyl (C=O) groups excluding carboxylic acids is 3. The maximum absolute atomic E-state index is 12.8. The van der Waals surface area contributed by atoms with Gasteiger partial charge in [0.25, 0.3) is 5.91 Å². The van der Waals surface area contributed by atoms with Crippen molar-refractivity contribution in [1.29, 1.82) is 0 Å². The molecule has 2 aromatic rings. The van der Waals surface area contributed by atoms with Crippen molar-refractivity contribution in [2.24, 2.45) is 0 Å². The van der Waals surface area contributed by atoms with Gasteiger partial charge in [-0.15, -0.1) is 0 Å². The molecule has 0 radical (unpaired) electrons. The number of hydrogen-bond acceptors (Lipinski definition) is 5. The molecule has 2 aliphatic rings. The monoisotopic (exact) mass is 394 g/mol. The molecule has 29 heavy (non-hydrogen) atoms. The molecular formula is C21H22N4O4. The van der Waals surface area contributed by atoms with Gasteiger partial charge in [0, 0.05) is 12.6 Å². The Balaban J connectivity index is 1.48. The van der Waals surface area contributed by atoms with E-state index in [0.717, 1.165) is 29.0 Å². The fourth-order valence-corrected chi connectivity index (χ4v) is 3.61. The zero-order valence-electron chi connectivity index (χ0n) is 16.1. The van der Waals surface area contributed by atoms with E-state index in [9.17, 15) is 14.4 Å². The van der Waals surface area contributed by atoms with Gasteiger partial charge in [-0.05, 0) is 38.0 Å². The molecule has 8 nitrogen and oxygen atoms in total. The molecule has 2 fully saturated rings. The Labute approximate surface area is 168 Å². The third-order valence-electron chi connectivity index (χ3n) is 5.13. The number of nitrogens with one attached hydrogen (secondary N) is 1. The molecule has 3 heterocycles. The van der Waals surface area contributed by atoms with E-state index in [1.54, 1.807) is 11.0 Å². The van der Waals surface area contributed by atoms with E-state index in [-0.39, 0.29) is 30.9 Å². The third-order valence-corrected chi connectivity index (χ3v) is 5.13. The summed E-state index contributed by atoms with van der Waals surface area (Å²) in [6.07, 6.45) is 1.61. The average Bonchev–Trinajstić information content (AvgIpc) is 3.32. The lowest BCUT2D eigenvalue weighted by atomic mass is 10.1. The molecule has 4 rings (SSSR count). The highest BCUT2D eigenvalue weighted by atomic mass is 16.5. The lowest BCUT2D eigenvalue weighted by molar-refractivity contribution is -0.137. The Bertz CT molecular complexity index is 928. The number of aryl methyl sites for hydroxylation is 1. The van der Waals surface area contributed by atoms with Crippen molar-refractivity contribution < 1.29 is 19.1 Å². The maximum atomic E-state index is 12.8. The van der Waals surface area contributed by atoms with E-state index in [1.165, 1.54) is 0 Å². The smallest absolute Gasteiger partial charge is 0.325 e. The molecule has 0 aliphatic carbocycles. The Morgan fingerprint density at radius 3 is 2.72 bits per heavy atom. The zero-order valence-corrected chi connectivity index (χ0v) is 16.1. The molecule has 1 atom stereocenters. The number of aromatic nitrogens is 1. The van der Waals surface area contributed by atoms with Gasteiger partial charge in [-0.2, -0.15) is 0 Å². The van der Waals surface area contributed by atoms with Gasteiger partial charge < -0.3 is 15.0 Å². The molecule has 1 N–H and O–H groups in total. The summed E-state index contributed by atoms with van der Waals surface area (Å²) in [5, 5.41) is 2.43. The molecule has 2 saturated heterocycles. The number of hydrogen-bond donors (Lipinski definition) is 1. The van der Waals surface area contributed by atoms with Crippen molar-refractivity contribution >= 4 is 17.8 Å². The van der Waals surface area contributed by atoms with E-state index in [2.05, 4.69) is 10.3 Å². The number of ether oxygens (including phenoxy) is 1. The highest BCUT2D eigenvalue weighted by Gasteiger charge is 2.36. The molecule has 1 aromatic heterocycles. The number of imide groups is 1. The van der Waals surface area contributed by atoms with Crippen LogP contribution in [0.4, 0.5) is 4.79 Å². The predicted molar refractivity (Wildman–Crippen MR) is 104 cm³/mol. The molecule has 8 heteroatoms. The highest BCUT2D eigenvalue weighted by Crippen LogP contribution is 2.32. The molecule has 0 spiro atoms. The number of nitrogens with zero attached hydrogens (tertiary/aromatic N) is 3. The molecule has 150 valence electrons. The van der Waals surface area contributed by atoms with E-state index in [1.807, 2.05) is 43.3 Å². The van der Waals surface area contributed by atoms with Crippen LogP contribution >= 0.6 is 0 Å². The first-order valence-corrected chi connectivity index (χ1v) is 9.60. The Morgan fingerprint density at radius 2 is 2.00 bits per heavy atom. The average molecular weight is 394 g/mol. The van der Waals surface area contributed by atoms with Crippen LogP contribution in [0.3, 0.4) is 0 Å². The highest BCUT2D eigenvalue weighted by molar-refractivity contribution is 6.04. The zero-order chi connectivity index (χ0) is 20.4. The lowest BCUT2D eigenvalue weighted by Crippen LogP contribution is -2.43. The Morgan fingerprint density at radius 1 is 1.21 bits per heavy atom. The minimum atomic E-state index is -0.522. The van der Waals surface area contributed by atoms with Gasteiger partial charge in [0.2, 0.25) is 11.8 Å². The van der Waals surface area contributed by atoms with Crippen molar-refractivity contribution in [3.05, 3.63) is 53.7 Å². The number of pyridine rings is 1. The van der Waals surface area contributed by atoms with Crippen LogP contribution in [0.1, 0.15) is 30.1 Å². The molecule has 0 bridgehead atoms. The lowest BCUT2D eigenvalue weighted by Gasteiger charge is -2.26. The van der Waals surface area contributed by atoms with Crippen LogP contribution in [-0.4, -0.2) is 52.3 Å². The second kappa shape index (κ2) is 7.90. The summed E-state index contributed by atoms with van der Waals surface area (Å²) < 4.78 is 5.84. The summed E-state index contributed by atoms with van der Waals surface area (Å²) in [7, 11) is 0. The van der Waals surface area contributed by atoms with Crippen molar-refractivity contribution in [3.63, 3.8) is 0 Å². The summed E-state index contributed by atoms with van der Waals surface area (Å²) in [6, 6.07) is 12.5. The summed E-state index contributed by atoms with van der Waals surface area (Å²) in [6.45, 7) is 2.27. The number of likely N-dealkylation sites (tertiary alicyclic amines) is 1. The van der Waals surface area contributed by atoms with Crippen LogP contribution in [0.25, 0.3) is 0 Å². The standard InChI is InChI=1S/C21H22N4O4/c1-14-7-9-15(10-8-14)29-18-6-2-4-16(23-18)17-5-3-11-24(17)20(27)13-25-19(26)12-22-21(25)28/h2,4,6-10,17H,3,5,11-13H2,1H3,(H,22,28). The number of carbonyl (C=O) groups is 3. The van der Waals surface area contributed by atoms with E-state index >= 15 is 0 Å². The van der Waals surface area contributed by atoms with Crippen LogP contribution in [0.2, 0.25) is 0 Å². The minimum absolute atomic E-state index is 0.0600. The summed E-state index contributed by atoms with van der Waals surface area (Å²) >= 11 is 0. The number of rotatable bonds is 5. The second-order valence-corrected chi connectivity index (χ2v) is 7.20.